The van der Waals surface area contributed by atoms with Crippen LogP contribution in [0.4, 0.5) is 0 Å². The van der Waals surface area contributed by atoms with E-state index in [2.05, 4.69) is 122 Å². The first-order chi connectivity index (χ1) is 14.3. The Morgan fingerprint density at radius 1 is 0.621 bits per heavy atom. The first kappa shape index (κ1) is 18.4. The van der Waals surface area contributed by atoms with Gasteiger partial charge in [0.2, 0.25) is 0 Å². The molecule has 0 radical (unpaired) electrons. The van der Waals surface area contributed by atoms with Crippen LogP contribution in [0.1, 0.15) is 13.3 Å². The van der Waals surface area contributed by atoms with Gasteiger partial charge in [-0.05, 0) is 45.3 Å². The molecule has 0 nitrogen and oxygen atoms in total. The van der Waals surface area contributed by atoms with Gasteiger partial charge in [-0.2, -0.15) is 0 Å². The standard InChI is InChI=1S/C28H28Si/c1-22-21-23-13-11-12-20-27(23)28(22)29(24-14-5-2-6-15-24,25-16-7-3-8-17-25)26-18-9-4-10-19-26/h2-20,22-23,27-28H,21H2,1H3. The van der Waals surface area contributed by atoms with E-state index in [1.54, 1.807) is 0 Å². The van der Waals surface area contributed by atoms with Crippen LogP contribution in [0.25, 0.3) is 0 Å². The fourth-order valence-electron chi connectivity index (χ4n) is 6.14. The highest BCUT2D eigenvalue weighted by Gasteiger charge is 2.55. The molecule has 144 valence electrons. The van der Waals surface area contributed by atoms with Crippen LogP contribution in [0.15, 0.2) is 115 Å². The van der Waals surface area contributed by atoms with Crippen LogP contribution >= 0.6 is 0 Å². The molecule has 1 heteroatoms. The summed E-state index contributed by atoms with van der Waals surface area (Å²) in [7, 11) is -2.25. The maximum atomic E-state index is 2.51. The molecule has 0 bridgehead atoms. The van der Waals surface area contributed by atoms with Crippen LogP contribution in [-0.4, -0.2) is 8.07 Å². The van der Waals surface area contributed by atoms with Crippen molar-refractivity contribution in [2.75, 3.05) is 0 Å². The second kappa shape index (κ2) is 7.65. The molecule has 4 atom stereocenters. The fraction of sp³-hybridized carbons (Fsp3) is 0.214. The van der Waals surface area contributed by atoms with E-state index in [9.17, 15) is 0 Å². The summed E-state index contributed by atoms with van der Waals surface area (Å²) in [5.74, 6) is 1.97. The summed E-state index contributed by atoms with van der Waals surface area (Å²) in [5, 5.41) is 4.62. The first-order valence-corrected chi connectivity index (χ1v) is 12.9. The van der Waals surface area contributed by atoms with Gasteiger partial charge in [-0.25, -0.2) is 0 Å². The smallest absolute Gasteiger partial charge is 0.0808 e. The lowest BCUT2D eigenvalue weighted by atomic mass is 9.92. The van der Waals surface area contributed by atoms with Gasteiger partial charge in [0.1, 0.15) is 0 Å². The maximum Gasteiger partial charge on any atom is 0.152 e. The third kappa shape index (κ3) is 2.96. The highest BCUT2D eigenvalue weighted by Crippen LogP contribution is 2.52. The Morgan fingerprint density at radius 2 is 1.07 bits per heavy atom. The molecule has 3 aromatic carbocycles. The Morgan fingerprint density at radius 3 is 1.55 bits per heavy atom. The molecule has 5 rings (SSSR count). The van der Waals surface area contributed by atoms with Crippen LogP contribution < -0.4 is 15.6 Å². The number of fused-ring (bicyclic) bond motifs is 1. The minimum absolute atomic E-state index is 0.613. The number of hydrogen-bond donors (Lipinski definition) is 0. The summed E-state index contributed by atoms with van der Waals surface area (Å²) in [6.45, 7) is 2.50. The molecule has 29 heavy (non-hydrogen) atoms. The average molecular weight is 393 g/mol. The van der Waals surface area contributed by atoms with E-state index >= 15 is 0 Å². The van der Waals surface area contributed by atoms with E-state index in [-0.39, 0.29) is 0 Å². The van der Waals surface area contributed by atoms with E-state index in [4.69, 9.17) is 0 Å². The third-order valence-corrected chi connectivity index (χ3v) is 12.8. The highest BCUT2D eigenvalue weighted by atomic mass is 28.3. The van der Waals surface area contributed by atoms with E-state index in [0.29, 0.717) is 23.3 Å². The molecule has 0 N–H and O–H groups in total. The van der Waals surface area contributed by atoms with Crippen LogP contribution in [-0.2, 0) is 0 Å². The molecule has 1 saturated carbocycles. The summed E-state index contributed by atoms with van der Waals surface area (Å²) in [6, 6.07) is 34.2. The zero-order valence-electron chi connectivity index (χ0n) is 17.0. The van der Waals surface area contributed by atoms with E-state index < -0.39 is 8.07 Å². The number of hydrogen-bond acceptors (Lipinski definition) is 0. The number of allylic oxidation sites excluding steroid dienone is 4. The molecule has 0 aromatic heterocycles. The molecule has 3 aromatic rings. The second-order valence-electron chi connectivity index (χ2n) is 8.66. The maximum absolute atomic E-state index is 2.51. The van der Waals surface area contributed by atoms with Gasteiger partial charge >= 0.3 is 0 Å². The van der Waals surface area contributed by atoms with Crippen molar-refractivity contribution in [2.45, 2.75) is 18.9 Å². The lowest BCUT2D eigenvalue weighted by Gasteiger charge is -2.44. The van der Waals surface area contributed by atoms with Gasteiger partial charge in [0.15, 0.2) is 8.07 Å². The quantitative estimate of drug-likeness (QED) is 0.436. The number of benzene rings is 3. The lowest BCUT2D eigenvalue weighted by molar-refractivity contribution is 0.547. The van der Waals surface area contributed by atoms with Gasteiger partial charge in [0, 0.05) is 0 Å². The molecule has 1 fully saturated rings. The zero-order valence-corrected chi connectivity index (χ0v) is 18.0. The Balaban J connectivity index is 1.84. The van der Waals surface area contributed by atoms with E-state index in [1.807, 2.05) is 0 Å². The summed E-state index contributed by atoms with van der Waals surface area (Å²) < 4.78 is 0. The fourth-order valence-corrected chi connectivity index (χ4v) is 12.4. The monoisotopic (exact) mass is 392 g/mol. The van der Waals surface area contributed by atoms with E-state index in [1.165, 1.54) is 22.0 Å². The first-order valence-electron chi connectivity index (χ1n) is 10.8. The zero-order chi connectivity index (χ0) is 19.7. The van der Waals surface area contributed by atoms with Crippen molar-refractivity contribution in [2.24, 2.45) is 17.8 Å². The van der Waals surface area contributed by atoms with Gasteiger partial charge in [-0.1, -0.05) is 122 Å². The van der Waals surface area contributed by atoms with Gasteiger partial charge in [-0.15, -0.1) is 0 Å². The minimum atomic E-state index is -2.25. The average Bonchev–Trinajstić information content (AvgIpc) is 3.13. The van der Waals surface area contributed by atoms with Gasteiger partial charge in [-0.3, -0.25) is 0 Å². The third-order valence-electron chi connectivity index (χ3n) is 7.16. The Bertz CT molecular complexity index is 907. The molecule has 0 aliphatic heterocycles. The molecule has 2 aliphatic carbocycles. The normalized spacial score (nSPS) is 25.7. The van der Waals surface area contributed by atoms with E-state index in [0.717, 1.165) is 0 Å². The predicted octanol–water partition coefficient (Wildman–Crippen LogP) is 4.93. The summed E-state index contributed by atoms with van der Waals surface area (Å²) in [6.07, 6.45) is 10.8. The SMILES string of the molecule is CC1CC2C=CC=CC2C1[Si](c1ccccc1)(c1ccccc1)c1ccccc1. The summed E-state index contributed by atoms with van der Waals surface area (Å²) >= 11 is 0. The molecule has 4 unspecified atom stereocenters. The summed E-state index contributed by atoms with van der Waals surface area (Å²) in [4.78, 5) is 0. The molecule has 0 spiro atoms. The van der Waals surface area contributed by atoms with Crippen molar-refractivity contribution >= 4 is 23.6 Å². The summed E-state index contributed by atoms with van der Waals surface area (Å²) in [5.41, 5.74) is 0.640. The van der Waals surface area contributed by atoms with Crippen LogP contribution in [0.2, 0.25) is 5.54 Å². The van der Waals surface area contributed by atoms with Gasteiger partial charge < -0.3 is 0 Å². The van der Waals surface area contributed by atoms with Crippen molar-refractivity contribution < 1.29 is 0 Å². The largest absolute Gasteiger partial charge is 0.152 e. The molecule has 0 heterocycles. The molecule has 2 aliphatic rings. The Hall–Kier alpha value is -2.64. The predicted molar refractivity (Wildman–Crippen MR) is 127 cm³/mol. The molecule has 0 amide bonds. The number of rotatable bonds is 4. The molecule has 0 saturated heterocycles. The van der Waals surface area contributed by atoms with Crippen LogP contribution in [0.3, 0.4) is 0 Å². The van der Waals surface area contributed by atoms with Crippen molar-refractivity contribution in [3.8, 4) is 0 Å². The molecular formula is C28H28Si. The molecular weight excluding hydrogens is 364 g/mol. The lowest BCUT2D eigenvalue weighted by Crippen LogP contribution is -2.71. The van der Waals surface area contributed by atoms with Crippen molar-refractivity contribution in [3.05, 3.63) is 115 Å². The van der Waals surface area contributed by atoms with Crippen molar-refractivity contribution in [1.29, 1.82) is 0 Å². The van der Waals surface area contributed by atoms with Crippen molar-refractivity contribution in [3.63, 3.8) is 0 Å². The van der Waals surface area contributed by atoms with Crippen molar-refractivity contribution in [1.82, 2.24) is 0 Å². The van der Waals surface area contributed by atoms with Crippen LogP contribution in [0, 0.1) is 17.8 Å². The minimum Gasteiger partial charge on any atom is -0.0808 e. The van der Waals surface area contributed by atoms with Gasteiger partial charge in [0.05, 0.1) is 0 Å². The second-order valence-corrected chi connectivity index (χ2v) is 12.7. The topological polar surface area (TPSA) is 0 Å². The highest BCUT2D eigenvalue weighted by molar-refractivity contribution is 7.12. The Labute approximate surface area is 175 Å². The van der Waals surface area contributed by atoms with Gasteiger partial charge in [0.25, 0.3) is 0 Å². The van der Waals surface area contributed by atoms with Crippen LogP contribution in [0.5, 0.6) is 0 Å². The Kier molecular flexibility index (Phi) is 4.85.